The number of aryl methyl sites for hydroxylation is 1. The summed E-state index contributed by atoms with van der Waals surface area (Å²) in [6, 6.07) is 9.21. The van der Waals surface area contributed by atoms with Crippen LogP contribution in [0.4, 0.5) is 8.78 Å². The maximum Gasteiger partial charge on any atom is 0.238 e. The van der Waals surface area contributed by atoms with Gasteiger partial charge in [0.1, 0.15) is 11.5 Å². The van der Waals surface area contributed by atoms with E-state index < -0.39 is 21.7 Å². The molecular weight excluding hydrogens is 338 g/mol. The Bertz CT molecular complexity index is 1010. The van der Waals surface area contributed by atoms with Crippen molar-refractivity contribution in [2.24, 2.45) is 5.14 Å². The van der Waals surface area contributed by atoms with Crippen LogP contribution in [0.5, 0.6) is 0 Å². The van der Waals surface area contributed by atoms with Crippen molar-refractivity contribution in [2.75, 3.05) is 0 Å². The number of sulfonamides is 1. The first kappa shape index (κ1) is 16.3. The molecule has 0 amide bonds. The molecule has 2 aromatic carbocycles. The second kappa shape index (κ2) is 5.81. The zero-order valence-corrected chi connectivity index (χ0v) is 13.3. The summed E-state index contributed by atoms with van der Waals surface area (Å²) >= 11 is 0. The molecule has 3 aromatic rings. The molecule has 0 fully saturated rings. The van der Waals surface area contributed by atoms with Crippen LogP contribution in [-0.2, 0) is 10.0 Å². The van der Waals surface area contributed by atoms with E-state index in [2.05, 4.69) is 5.16 Å². The zero-order valence-electron chi connectivity index (χ0n) is 12.5. The molecule has 24 heavy (non-hydrogen) atoms. The Morgan fingerprint density at radius 3 is 2.21 bits per heavy atom. The molecule has 0 radical (unpaired) electrons. The second-order valence-electron chi connectivity index (χ2n) is 5.16. The molecule has 0 aliphatic carbocycles. The van der Waals surface area contributed by atoms with E-state index in [0.29, 0.717) is 28.1 Å². The lowest BCUT2D eigenvalue weighted by Gasteiger charge is -2.05. The summed E-state index contributed by atoms with van der Waals surface area (Å²) in [7, 11) is -3.80. The molecule has 0 saturated carbocycles. The van der Waals surface area contributed by atoms with Crippen LogP contribution in [0.25, 0.3) is 22.4 Å². The van der Waals surface area contributed by atoms with Gasteiger partial charge < -0.3 is 4.52 Å². The minimum Gasteiger partial charge on any atom is -0.360 e. The van der Waals surface area contributed by atoms with E-state index >= 15 is 0 Å². The normalized spacial score (nSPS) is 11.7. The first-order chi connectivity index (χ1) is 11.3. The smallest absolute Gasteiger partial charge is 0.238 e. The van der Waals surface area contributed by atoms with Gasteiger partial charge in [0.25, 0.3) is 0 Å². The van der Waals surface area contributed by atoms with Crippen LogP contribution < -0.4 is 5.14 Å². The van der Waals surface area contributed by atoms with Gasteiger partial charge >= 0.3 is 0 Å². The van der Waals surface area contributed by atoms with Crippen LogP contribution in [0.3, 0.4) is 0 Å². The number of hydrogen-bond acceptors (Lipinski definition) is 4. The van der Waals surface area contributed by atoms with Crippen molar-refractivity contribution in [1.29, 1.82) is 0 Å². The molecule has 5 nitrogen and oxygen atoms in total. The van der Waals surface area contributed by atoms with Gasteiger partial charge in [-0.25, -0.2) is 22.3 Å². The molecular formula is C16H12F2N2O3S. The lowest BCUT2D eigenvalue weighted by atomic mass is 9.99. The van der Waals surface area contributed by atoms with Gasteiger partial charge in [0.2, 0.25) is 10.0 Å². The average Bonchev–Trinajstić information content (AvgIpc) is 2.91. The summed E-state index contributed by atoms with van der Waals surface area (Å²) in [6.07, 6.45) is 0. The summed E-state index contributed by atoms with van der Waals surface area (Å²) in [6.45, 7) is 1.67. The standard InChI is InChI=1S/C16H12F2N2O3S/c1-9-15(10-2-5-12(6-3-10)24(19,21)22)16(20-23-9)11-4-7-13(17)14(18)8-11/h2-8H,1H3,(H2,19,21,22). The number of aromatic nitrogens is 1. The Hall–Kier alpha value is -2.58. The fourth-order valence-corrected chi connectivity index (χ4v) is 2.88. The largest absolute Gasteiger partial charge is 0.360 e. The minimum absolute atomic E-state index is 0.0327. The number of hydrogen-bond donors (Lipinski definition) is 1. The van der Waals surface area contributed by atoms with E-state index in [4.69, 9.17) is 9.66 Å². The fourth-order valence-electron chi connectivity index (χ4n) is 2.36. The maximum atomic E-state index is 13.5. The van der Waals surface area contributed by atoms with E-state index in [0.717, 1.165) is 12.1 Å². The third-order valence-corrected chi connectivity index (χ3v) is 4.46. The van der Waals surface area contributed by atoms with Gasteiger partial charge in [-0.05, 0) is 42.8 Å². The second-order valence-corrected chi connectivity index (χ2v) is 6.72. The number of halogens is 2. The quantitative estimate of drug-likeness (QED) is 0.786. The van der Waals surface area contributed by atoms with Crippen molar-refractivity contribution in [3.05, 3.63) is 59.9 Å². The highest BCUT2D eigenvalue weighted by molar-refractivity contribution is 7.89. The molecule has 1 heterocycles. The Labute approximate surface area is 136 Å². The Kier molecular flexibility index (Phi) is 3.94. The van der Waals surface area contributed by atoms with Crippen LogP contribution in [-0.4, -0.2) is 13.6 Å². The van der Waals surface area contributed by atoms with E-state index in [9.17, 15) is 17.2 Å². The van der Waals surface area contributed by atoms with E-state index in [1.54, 1.807) is 19.1 Å². The zero-order chi connectivity index (χ0) is 17.5. The Morgan fingerprint density at radius 2 is 1.62 bits per heavy atom. The summed E-state index contributed by atoms with van der Waals surface area (Å²) in [5, 5.41) is 8.97. The molecule has 0 unspecified atom stereocenters. The van der Waals surface area contributed by atoms with Crippen LogP contribution in [0.15, 0.2) is 51.9 Å². The first-order valence-corrected chi connectivity index (χ1v) is 8.37. The predicted octanol–water partition coefficient (Wildman–Crippen LogP) is 3.24. The van der Waals surface area contributed by atoms with E-state index in [1.807, 2.05) is 0 Å². The van der Waals surface area contributed by atoms with Crippen LogP contribution in [0.1, 0.15) is 5.76 Å². The van der Waals surface area contributed by atoms with Gasteiger partial charge in [-0.15, -0.1) is 0 Å². The number of nitrogens with two attached hydrogens (primary N) is 1. The summed E-state index contributed by atoms with van der Waals surface area (Å²) < 4.78 is 54.4. The molecule has 0 aliphatic rings. The molecule has 0 saturated heterocycles. The molecule has 3 rings (SSSR count). The topological polar surface area (TPSA) is 86.2 Å². The number of primary sulfonamides is 1. The van der Waals surface area contributed by atoms with Crippen molar-refractivity contribution in [3.8, 4) is 22.4 Å². The third kappa shape index (κ3) is 2.93. The maximum absolute atomic E-state index is 13.5. The molecule has 0 spiro atoms. The average molecular weight is 350 g/mol. The number of rotatable bonds is 3. The lowest BCUT2D eigenvalue weighted by molar-refractivity contribution is 0.400. The van der Waals surface area contributed by atoms with E-state index in [-0.39, 0.29) is 4.90 Å². The summed E-state index contributed by atoms with van der Waals surface area (Å²) in [5.74, 6) is -1.50. The SMILES string of the molecule is Cc1onc(-c2ccc(F)c(F)c2)c1-c1ccc(S(N)(=O)=O)cc1. The monoisotopic (exact) mass is 350 g/mol. The van der Waals surface area contributed by atoms with Crippen molar-refractivity contribution >= 4 is 10.0 Å². The molecule has 1 aromatic heterocycles. The van der Waals surface area contributed by atoms with Crippen molar-refractivity contribution < 1.29 is 21.7 Å². The molecule has 8 heteroatoms. The Balaban J connectivity index is 2.12. The number of benzene rings is 2. The highest BCUT2D eigenvalue weighted by Gasteiger charge is 2.18. The predicted molar refractivity (Wildman–Crippen MR) is 83.4 cm³/mol. The van der Waals surface area contributed by atoms with Crippen molar-refractivity contribution in [2.45, 2.75) is 11.8 Å². The van der Waals surface area contributed by atoms with Crippen LogP contribution in [0.2, 0.25) is 0 Å². The van der Waals surface area contributed by atoms with Crippen molar-refractivity contribution in [3.63, 3.8) is 0 Å². The summed E-state index contributed by atoms with van der Waals surface area (Å²) in [5.41, 5.74) is 1.84. The molecule has 0 aliphatic heterocycles. The van der Waals surface area contributed by atoms with E-state index in [1.165, 1.54) is 18.2 Å². The van der Waals surface area contributed by atoms with Gasteiger partial charge in [-0.2, -0.15) is 0 Å². The van der Waals surface area contributed by atoms with Gasteiger partial charge in [0.05, 0.1) is 10.5 Å². The van der Waals surface area contributed by atoms with Crippen LogP contribution >= 0.6 is 0 Å². The fraction of sp³-hybridized carbons (Fsp3) is 0.0625. The Morgan fingerprint density at radius 1 is 1.00 bits per heavy atom. The van der Waals surface area contributed by atoms with Gasteiger partial charge in [-0.3, -0.25) is 0 Å². The van der Waals surface area contributed by atoms with Crippen molar-refractivity contribution in [1.82, 2.24) is 5.16 Å². The van der Waals surface area contributed by atoms with Crippen LogP contribution in [0, 0.1) is 18.6 Å². The highest BCUT2D eigenvalue weighted by Crippen LogP contribution is 2.35. The third-order valence-electron chi connectivity index (χ3n) is 3.53. The number of nitrogens with zero attached hydrogens (tertiary/aromatic N) is 1. The minimum atomic E-state index is -3.80. The van der Waals surface area contributed by atoms with Gasteiger partial charge in [0.15, 0.2) is 11.6 Å². The highest BCUT2D eigenvalue weighted by atomic mass is 32.2. The summed E-state index contributed by atoms with van der Waals surface area (Å²) in [4.78, 5) is -0.0327. The molecule has 124 valence electrons. The molecule has 2 N–H and O–H groups in total. The van der Waals surface area contributed by atoms with Gasteiger partial charge in [0, 0.05) is 5.56 Å². The molecule has 0 atom stereocenters. The van der Waals surface area contributed by atoms with Gasteiger partial charge in [-0.1, -0.05) is 17.3 Å². The molecule has 0 bridgehead atoms. The lowest BCUT2D eigenvalue weighted by Crippen LogP contribution is -2.11. The first-order valence-electron chi connectivity index (χ1n) is 6.82.